The molecule has 1 amide bonds. The molecule has 0 saturated carbocycles. The van der Waals surface area contributed by atoms with Gasteiger partial charge in [-0.3, -0.25) is 4.18 Å². The predicted molar refractivity (Wildman–Crippen MR) is 71.3 cm³/mol. The summed E-state index contributed by atoms with van der Waals surface area (Å²) in [5, 5.41) is 0. The molecule has 0 saturated heterocycles. The van der Waals surface area contributed by atoms with Gasteiger partial charge in [0.05, 0.1) is 12.9 Å². The van der Waals surface area contributed by atoms with Gasteiger partial charge in [-0.2, -0.15) is 8.42 Å². The van der Waals surface area contributed by atoms with Crippen LogP contribution in [0.2, 0.25) is 0 Å². The van der Waals surface area contributed by atoms with Crippen LogP contribution in [0.4, 0.5) is 4.79 Å². The van der Waals surface area contributed by atoms with Gasteiger partial charge in [-0.15, -0.1) is 0 Å². The van der Waals surface area contributed by atoms with Crippen LogP contribution in [0, 0.1) is 0 Å². The fourth-order valence-corrected chi connectivity index (χ4v) is 1.95. The van der Waals surface area contributed by atoms with E-state index in [1.165, 1.54) is 0 Å². The first-order valence-corrected chi connectivity index (χ1v) is 7.89. The van der Waals surface area contributed by atoms with Crippen LogP contribution in [0.3, 0.4) is 0 Å². The van der Waals surface area contributed by atoms with E-state index in [-0.39, 0.29) is 6.61 Å². The molecule has 0 aromatic carbocycles. The van der Waals surface area contributed by atoms with E-state index in [1.54, 1.807) is 25.7 Å². The molecule has 1 heterocycles. The maximum Gasteiger partial charge on any atom is 0.410 e. The highest BCUT2D eigenvalue weighted by atomic mass is 32.2. The van der Waals surface area contributed by atoms with Crippen molar-refractivity contribution in [3.8, 4) is 0 Å². The van der Waals surface area contributed by atoms with Crippen LogP contribution in [-0.2, 0) is 19.0 Å². The van der Waals surface area contributed by atoms with E-state index in [4.69, 9.17) is 8.92 Å². The summed E-state index contributed by atoms with van der Waals surface area (Å²) in [5.41, 5.74) is 0.226. The summed E-state index contributed by atoms with van der Waals surface area (Å²) in [4.78, 5) is 13.4. The number of hydrogen-bond donors (Lipinski definition) is 0. The van der Waals surface area contributed by atoms with Crippen LogP contribution < -0.4 is 0 Å². The second kappa shape index (κ2) is 5.92. The summed E-state index contributed by atoms with van der Waals surface area (Å²) in [6, 6.07) is 0. The SMILES string of the molecule is CC(C)(C)OC(=O)N1CCC=C(COS(C)(=O)=O)C1. The third kappa shape index (κ3) is 6.58. The van der Waals surface area contributed by atoms with Crippen molar-refractivity contribution >= 4 is 16.2 Å². The number of amides is 1. The Morgan fingerprint density at radius 1 is 1.42 bits per heavy atom. The molecule has 0 aromatic rings. The standard InChI is InChI=1S/C12H21NO5S/c1-12(2,3)18-11(14)13-7-5-6-10(8-13)9-17-19(4,15)16/h6H,5,7-9H2,1-4H3. The molecule has 0 fully saturated rings. The molecule has 0 bridgehead atoms. The van der Waals surface area contributed by atoms with Crippen molar-refractivity contribution in [3.63, 3.8) is 0 Å². The van der Waals surface area contributed by atoms with Gasteiger partial charge in [-0.25, -0.2) is 4.79 Å². The van der Waals surface area contributed by atoms with Crippen LogP contribution in [0.5, 0.6) is 0 Å². The molecule has 0 aliphatic carbocycles. The van der Waals surface area contributed by atoms with Gasteiger partial charge in [-0.05, 0) is 32.8 Å². The highest BCUT2D eigenvalue weighted by Crippen LogP contribution is 2.15. The summed E-state index contributed by atoms with van der Waals surface area (Å²) >= 11 is 0. The van der Waals surface area contributed by atoms with E-state index >= 15 is 0 Å². The number of nitrogens with zero attached hydrogens (tertiary/aromatic N) is 1. The Morgan fingerprint density at radius 3 is 2.58 bits per heavy atom. The van der Waals surface area contributed by atoms with Crippen LogP contribution in [0.15, 0.2) is 11.6 Å². The number of carbonyl (C=O) groups excluding carboxylic acids is 1. The lowest BCUT2D eigenvalue weighted by molar-refractivity contribution is 0.0259. The van der Waals surface area contributed by atoms with Crippen molar-refractivity contribution in [1.82, 2.24) is 4.90 Å². The molecule has 1 aliphatic rings. The first-order valence-electron chi connectivity index (χ1n) is 6.07. The van der Waals surface area contributed by atoms with Gasteiger partial charge in [0.1, 0.15) is 5.60 Å². The van der Waals surface area contributed by atoms with E-state index in [0.29, 0.717) is 19.5 Å². The van der Waals surface area contributed by atoms with Crippen molar-refractivity contribution in [2.45, 2.75) is 32.8 Å². The van der Waals surface area contributed by atoms with Gasteiger partial charge in [0.2, 0.25) is 0 Å². The number of rotatable bonds is 3. The Balaban J connectivity index is 2.54. The fraction of sp³-hybridized carbons (Fsp3) is 0.750. The molecule has 6 nitrogen and oxygen atoms in total. The van der Waals surface area contributed by atoms with Gasteiger partial charge in [0.15, 0.2) is 0 Å². The van der Waals surface area contributed by atoms with Crippen LogP contribution in [-0.4, -0.2) is 51.0 Å². The Labute approximate surface area is 114 Å². The number of hydrogen-bond acceptors (Lipinski definition) is 5. The Bertz CT molecular complexity index is 461. The second-order valence-electron chi connectivity index (χ2n) is 5.52. The van der Waals surface area contributed by atoms with Crippen molar-refractivity contribution < 1.29 is 22.1 Å². The molecule has 0 unspecified atom stereocenters. The lowest BCUT2D eigenvalue weighted by Gasteiger charge is -2.30. The number of carbonyl (C=O) groups is 1. The lowest BCUT2D eigenvalue weighted by Crippen LogP contribution is -2.40. The largest absolute Gasteiger partial charge is 0.444 e. The topological polar surface area (TPSA) is 72.9 Å². The van der Waals surface area contributed by atoms with Gasteiger partial charge in [0.25, 0.3) is 10.1 Å². The van der Waals surface area contributed by atoms with Crippen molar-refractivity contribution in [2.24, 2.45) is 0 Å². The number of ether oxygens (including phenoxy) is 1. The molecule has 19 heavy (non-hydrogen) atoms. The van der Waals surface area contributed by atoms with E-state index in [9.17, 15) is 13.2 Å². The maximum atomic E-state index is 11.9. The van der Waals surface area contributed by atoms with Crippen LogP contribution >= 0.6 is 0 Å². The summed E-state index contributed by atoms with van der Waals surface area (Å²) in [5.74, 6) is 0. The highest BCUT2D eigenvalue weighted by molar-refractivity contribution is 7.85. The molecular weight excluding hydrogens is 270 g/mol. The minimum Gasteiger partial charge on any atom is -0.444 e. The van der Waals surface area contributed by atoms with Gasteiger partial charge >= 0.3 is 6.09 Å². The Hall–Kier alpha value is -1.08. The Morgan fingerprint density at radius 2 is 2.05 bits per heavy atom. The summed E-state index contributed by atoms with van der Waals surface area (Å²) in [7, 11) is -3.47. The molecule has 1 rings (SSSR count). The third-order valence-corrected chi connectivity index (χ3v) is 2.88. The van der Waals surface area contributed by atoms with Crippen molar-refractivity contribution in [2.75, 3.05) is 26.0 Å². The minimum absolute atomic E-state index is 0.0157. The minimum atomic E-state index is -3.47. The zero-order valence-corrected chi connectivity index (χ0v) is 12.6. The highest BCUT2D eigenvalue weighted by Gasteiger charge is 2.24. The molecule has 7 heteroatoms. The van der Waals surface area contributed by atoms with Crippen LogP contribution in [0.25, 0.3) is 0 Å². The second-order valence-corrected chi connectivity index (χ2v) is 7.16. The van der Waals surface area contributed by atoms with Crippen molar-refractivity contribution in [1.29, 1.82) is 0 Å². The molecule has 0 aromatic heterocycles. The van der Waals surface area contributed by atoms with Gasteiger partial charge in [-0.1, -0.05) is 6.08 Å². The van der Waals surface area contributed by atoms with Crippen LogP contribution in [0.1, 0.15) is 27.2 Å². The predicted octanol–water partition coefficient (Wildman–Crippen LogP) is 1.53. The molecule has 0 N–H and O–H groups in total. The summed E-state index contributed by atoms with van der Waals surface area (Å²) < 4.78 is 31.8. The summed E-state index contributed by atoms with van der Waals surface area (Å²) in [6.07, 6.45) is 3.17. The molecule has 1 aliphatic heterocycles. The monoisotopic (exact) mass is 291 g/mol. The molecule has 0 atom stereocenters. The fourth-order valence-electron chi connectivity index (χ4n) is 1.58. The van der Waals surface area contributed by atoms with Crippen molar-refractivity contribution in [3.05, 3.63) is 11.6 Å². The molecule has 0 radical (unpaired) electrons. The first kappa shape index (κ1) is 16.0. The summed E-state index contributed by atoms with van der Waals surface area (Å²) in [6.45, 7) is 6.30. The molecular formula is C12H21NO5S. The Kier molecular flexibility index (Phi) is 4.98. The van der Waals surface area contributed by atoms with E-state index in [2.05, 4.69) is 0 Å². The van der Waals surface area contributed by atoms with E-state index in [1.807, 2.05) is 6.08 Å². The maximum absolute atomic E-state index is 11.9. The zero-order valence-electron chi connectivity index (χ0n) is 11.8. The van der Waals surface area contributed by atoms with Gasteiger partial charge in [0, 0.05) is 13.1 Å². The van der Waals surface area contributed by atoms with Gasteiger partial charge < -0.3 is 9.64 Å². The zero-order chi connectivity index (χ0) is 14.7. The molecule has 110 valence electrons. The van der Waals surface area contributed by atoms with E-state index < -0.39 is 21.8 Å². The average Bonchev–Trinajstić information content (AvgIpc) is 2.23. The lowest BCUT2D eigenvalue weighted by atomic mass is 10.1. The third-order valence-electron chi connectivity index (χ3n) is 2.34. The quantitative estimate of drug-likeness (QED) is 0.582. The first-order chi connectivity index (χ1) is 8.57. The molecule has 0 spiro atoms. The smallest absolute Gasteiger partial charge is 0.410 e. The normalized spacial score (nSPS) is 17.1. The van der Waals surface area contributed by atoms with E-state index in [0.717, 1.165) is 11.8 Å². The average molecular weight is 291 g/mol.